The molecule has 1 saturated heterocycles. The van der Waals surface area contributed by atoms with Crippen LogP contribution in [-0.2, 0) is 24.0 Å². The van der Waals surface area contributed by atoms with Crippen molar-refractivity contribution in [3.8, 4) is 0 Å². The number of likely N-dealkylation sites (tertiary alicyclic amines) is 1. The van der Waals surface area contributed by atoms with Gasteiger partial charge in [-0.15, -0.1) is 0 Å². The van der Waals surface area contributed by atoms with E-state index in [1.54, 1.807) is 27.8 Å². The first kappa shape index (κ1) is 42.8. The number of nitrogens with two attached hydrogens (primary N) is 1. The molecule has 2 rings (SSSR count). The molecule has 0 aromatic heterocycles. The van der Waals surface area contributed by atoms with Crippen LogP contribution in [0.3, 0.4) is 0 Å². The van der Waals surface area contributed by atoms with Crippen molar-refractivity contribution in [2.75, 3.05) is 20.1 Å². The monoisotopic (exact) mass is 653 g/mol. The second-order valence-electron chi connectivity index (χ2n) is 14.5. The van der Waals surface area contributed by atoms with Gasteiger partial charge in [0.2, 0.25) is 17.7 Å². The lowest BCUT2D eigenvalue weighted by Crippen LogP contribution is -2.62. The lowest BCUT2D eigenvalue weighted by Gasteiger charge is -2.36. The number of amides is 6. The molecule has 0 bridgehead atoms. The number of nitrogens with zero attached hydrogens (tertiary/aromatic N) is 2. The Bertz CT molecular complexity index is 1020. The summed E-state index contributed by atoms with van der Waals surface area (Å²) in [5, 5.41) is 10.7. The summed E-state index contributed by atoms with van der Waals surface area (Å²) in [6.07, 6.45) is 2.91. The van der Waals surface area contributed by atoms with Crippen molar-refractivity contribution < 1.29 is 28.8 Å². The van der Waals surface area contributed by atoms with Crippen LogP contribution >= 0.6 is 0 Å². The van der Waals surface area contributed by atoms with Crippen LogP contribution in [0.1, 0.15) is 108 Å². The SMILES string of the molecule is CC(C)C.CC1CC(C(=O)NC(NC2CCC2)C(=O)C(N)=O)N(C(=O)C(NC(=O)NCC(=O)N(C)C(C)C)C(C)(C)C)C1.CCC. The minimum Gasteiger partial charge on any atom is -0.363 e. The molecular weight excluding hydrogens is 590 g/mol. The Morgan fingerprint density at radius 1 is 0.957 bits per heavy atom. The van der Waals surface area contributed by atoms with Gasteiger partial charge in [0.15, 0.2) is 0 Å². The minimum absolute atomic E-state index is 0.0148. The number of hydrogen-bond acceptors (Lipinski definition) is 7. The second kappa shape index (κ2) is 20.1. The van der Waals surface area contributed by atoms with Gasteiger partial charge in [0.1, 0.15) is 18.2 Å². The van der Waals surface area contributed by atoms with Crippen molar-refractivity contribution in [1.82, 2.24) is 31.1 Å². The number of rotatable bonds is 11. The number of nitrogens with one attached hydrogen (secondary N) is 4. The lowest BCUT2D eigenvalue weighted by molar-refractivity contribution is -0.143. The highest BCUT2D eigenvalue weighted by molar-refractivity contribution is 6.37. The van der Waals surface area contributed by atoms with Gasteiger partial charge < -0.3 is 31.5 Å². The van der Waals surface area contributed by atoms with Crippen molar-refractivity contribution in [3.05, 3.63) is 0 Å². The molecule has 0 radical (unpaired) electrons. The fraction of sp³-hybridized carbons (Fsp3) is 0.818. The van der Waals surface area contributed by atoms with Crippen molar-refractivity contribution in [2.45, 2.75) is 139 Å². The summed E-state index contributed by atoms with van der Waals surface area (Å²) < 4.78 is 0. The Hall–Kier alpha value is -3.22. The molecule has 6 amide bonds. The zero-order valence-electron chi connectivity index (χ0n) is 30.4. The standard InChI is InChI=1S/C26H45N7O6.C4H10.C3H8/c1-14(2)32(7)18(34)12-28-25(39)30-20(26(4,5)6)24(38)33-13-15(3)11-17(33)23(37)31-22(19(35)21(27)36)29-16-9-8-10-16;1-4(2)3;1-3-2/h14-17,20,22,29H,8-13H2,1-7H3,(H2,27,36)(H,31,37)(H2,28,30,39);4H,1-3H3;3H2,1-2H3. The molecular formula is C33H63N7O6. The van der Waals surface area contributed by atoms with Gasteiger partial charge in [-0.25, -0.2) is 4.79 Å². The molecule has 13 heteroatoms. The predicted molar refractivity (Wildman–Crippen MR) is 180 cm³/mol. The zero-order chi connectivity index (χ0) is 35.9. The van der Waals surface area contributed by atoms with E-state index in [-0.39, 0.29) is 37.0 Å². The summed E-state index contributed by atoms with van der Waals surface area (Å²) in [5.74, 6) is -2.63. The maximum atomic E-state index is 13.8. The van der Waals surface area contributed by atoms with Crippen LogP contribution in [0.5, 0.6) is 0 Å². The van der Waals surface area contributed by atoms with Crippen LogP contribution in [0, 0.1) is 17.3 Å². The van der Waals surface area contributed by atoms with Gasteiger partial charge in [0.05, 0.1) is 6.54 Å². The molecule has 4 unspecified atom stereocenters. The molecule has 46 heavy (non-hydrogen) atoms. The third-order valence-corrected chi connectivity index (χ3v) is 7.35. The quantitative estimate of drug-likeness (QED) is 0.168. The van der Waals surface area contributed by atoms with Crippen LogP contribution in [0.4, 0.5) is 4.79 Å². The van der Waals surface area contributed by atoms with Crippen LogP contribution in [0.25, 0.3) is 0 Å². The molecule has 266 valence electrons. The van der Waals surface area contributed by atoms with Crippen LogP contribution in [0.15, 0.2) is 0 Å². The van der Waals surface area contributed by atoms with E-state index >= 15 is 0 Å². The molecule has 1 saturated carbocycles. The summed E-state index contributed by atoms with van der Waals surface area (Å²) in [5.41, 5.74) is 4.47. The van der Waals surface area contributed by atoms with E-state index in [1.165, 1.54) is 16.2 Å². The van der Waals surface area contributed by atoms with E-state index in [2.05, 4.69) is 55.9 Å². The Labute approximate surface area is 276 Å². The Kier molecular flexibility index (Phi) is 18.7. The van der Waals surface area contributed by atoms with Crippen LogP contribution in [-0.4, -0.2) is 95.7 Å². The van der Waals surface area contributed by atoms with Gasteiger partial charge in [-0.1, -0.05) is 75.2 Å². The van der Waals surface area contributed by atoms with E-state index in [0.717, 1.165) is 25.2 Å². The van der Waals surface area contributed by atoms with E-state index in [0.29, 0.717) is 6.42 Å². The van der Waals surface area contributed by atoms with Gasteiger partial charge in [-0.3, -0.25) is 29.3 Å². The molecule has 6 N–H and O–H groups in total. The van der Waals surface area contributed by atoms with Crippen molar-refractivity contribution >= 4 is 35.4 Å². The van der Waals surface area contributed by atoms with E-state index in [4.69, 9.17) is 5.73 Å². The Morgan fingerprint density at radius 3 is 1.89 bits per heavy atom. The zero-order valence-corrected chi connectivity index (χ0v) is 30.4. The van der Waals surface area contributed by atoms with Gasteiger partial charge in [0, 0.05) is 25.7 Å². The highest BCUT2D eigenvalue weighted by atomic mass is 16.2. The van der Waals surface area contributed by atoms with Crippen molar-refractivity contribution in [1.29, 1.82) is 0 Å². The molecule has 0 aromatic rings. The summed E-state index contributed by atoms with van der Waals surface area (Å²) in [7, 11) is 1.64. The number of primary amides is 1. The fourth-order valence-electron chi connectivity index (χ4n) is 4.48. The van der Waals surface area contributed by atoms with Crippen molar-refractivity contribution in [3.63, 3.8) is 0 Å². The number of urea groups is 1. The second-order valence-corrected chi connectivity index (χ2v) is 14.5. The average Bonchev–Trinajstić information content (AvgIpc) is 3.31. The summed E-state index contributed by atoms with van der Waals surface area (Å²) in [4.78, 5) is 78.9. The smallest absolute Gasteiger partial charge is 0.315 e. The molecule has 0 spiro atoms. The fourth-order valence-corrected chi connectivity index (χ4v) is 4.48. The van der Waals surface area contributed by atoms with E-state index in [9.17, 15) is 28.8 Å². The normalized spacial score (nSPS) is 19.0. The van der Waals surface area contributed by atoms with E-state index < -0.39 is 53.2 Å². The van der Waals surface area contributed by atoms with E-state index in [1.807, 2.05) is 20.8 Å². The topological polar surface area (TPSA) is 183 Å². The maximum Gasteiger partial charge on any atom is 0.315 e. The minimum atomic E-state index is -1.28. The van der Waals surface area contributed by atoms with Crippen LogP contribution in [0.2, 0.25) is 0 Å². The molecule has 0 aromatic carbocycles. The first-order valence-corrected chi connectivity index (χ1v) is 16.7. The average molecular weight is 654 g/mol. The number of Topliss-reactive ketones (excluding diaryl/α,β-unsaturated/α-hetero) is 1. The number of hydrogen-bond donors (Lipinski definition) is 5. The Balaban J connectivity index is 0.00000262. The molecule has 1 heterocycles. The number of carbonyl (C=O) groups is 6. The highest BCUT2D eigenvalue weighted by Gasteiger charge is 2.45. The first-order chi connectivity index (χ1) is 21.2. The van der Waals surface area contributed by atoms with Crippen LogP contribution < -0.4 is 27.0 Å². The molecule has 1 aliphatic heterocycles. The van der Waals surface area contributed by atoms with Gasteiger partial charge in [-0.2, -0.15) is 0 Å². The summed E-state index contributed by atoms with van der Waals surface area (Å²) in [6.45, 7) is 21.7. The highest BCUT2D eigenvalue weighted by Crippen LogP contribution is 2.28. The number of carbonyl (C=O) groups excluding carboxylic acids is 6. The molecule has 2 aliphatic rings. The lowest BCUT2D eigenvalue weighted by atomic mass is 9.85. The van der Waals surface area contributed by atoms with Gasteiger partial charge in [-0.05, 0) is 50.4 Å². The number of ketones is 1. The third-order valence-electron chi connectivity index (χ3n) is 7.35. The third kappa shape index (κ3) is 14.9. The van der Waals surface area contributed by atoms with Gasteiger partial charge >= 0.3 is 6.03 Å². The first-order valence-electron chi connectivity index (χ1n) is 16.7. The van der Waals surface area contributed by atoms with Gasteiger partial charge in [0.25, 0.3) is 11.7 Å². The molecule has 1 aliphatic carbocycles. The maximum absolute atomic E-state index is 13.8. The summed E-state index contributed by atoms with van der Waals surface area (Å²) in [6, 6.07) is -2.65. The molecule has 2 fully saturated rings. The largest absolute Gasteiger partial charge is 0.363 e. The van der Waals surface area contributed by atoms with Crippen molar-refractivity contribution in [2.24, 2.45) is 23.0 Å². The Morgan fingerprint density at radius 2 is 1.48 bits per heavy atom. The predicted octanol–water partition coefficient (Wildman–Crippen LogP) is 2.52. The molecule has 13 nitrogen and oxygen atoms in total. The summed E-state index contributed by atoms with van der Waals surface area (Å²) >= 11 is 0. The molecule has 4 atom stereocenters. The number of likely N-dealkylation sites (N-methyl/N-ethyl adjacent to an activating group) is 1.